The van der Waals surface area contributed by atoms with E-state index in [0.29, 0.717) is 17.5 Å². The van der Waals surface area contributed by atoms with Gasteiger partial charge in [0.15, 0.2) is 17.5 Å². The Bertz CT molecular complexity index is 3040. The van der Waals surface area contributed by atoms with Gasteiger partial charge in [-0.1, -0.05) is 197 Å². The quantitative estimate of drug-likeness (QED) is 0.170. The number of nitrogens with zero attached hydrogens (tertiary/aromatic N) is 3. The van der Waals surface area contributed by atoms with Crippen LogP contribution in [0.4, 0.5) is 0 Å². The summed E-state index contributed by atoms with van der Waals surface area (Å²) in [6.45, 7) is 4.62. The van der Waals surface area contributed by atoms with E-state index in [9.17, 15) is 0 Å². The second kappa shape index (κ2) is 14.3. The third kappa shape index (κ3) is 6.09. The van der Waals surface area contributed by atoms with Crippen molar-refractivity contribution >= 4 is 0 Å². The third-order valence-electron chi connectivity index (χ3n) is 12.2. The number of fused-ring (bicyclic) bond motifs is 6. The number of aromatic nitrogens is 3. The van der Waals surface area contributed by atoms with Crippen molar-refractivity contribution in [3.63, 3.8) is 0 Å². The van der Waals surface area contributed by atoms with Crippen molar-refractivity contribution in [1.29, 1.82) is 0 Å². The van der Waals surface area contributed by atoms with Crippen molar-refractivity contribution in [2.45, 2.75) is 33.1 Å². The van der Waals surface area contributed by atoms with Crippen LogP contribution in [0.5, 0.6) is 0 Å². The lowest BCUT2D eigenvalue weighted by Gasteiger charge is -2.21. The highest BCUT2D eigenvalue weighted by Crippen LogP contribution is 2.50. The molecule has 2 aliphatic carbocycles. The van der Waals surface area contributed by atoms with Gasteiger partial charge in [0.1, 0.15) is 0 Å². The van der Waals surface area contributed by atoms with Gasteiger partial charge >= 0.3 is 0 Å². The highest BCUT2D eigenvalue weighted by atomic mass is 15.0. The average Bonchev–Trinajstić information content (AvgIpc) is 3.79. The topological polar surface area (TPSA) is 38.7 Å². The van der Waals surface area contributed by atoms with Crippen LogP contribution in [0.3, 0.4) is 0 Å². The molecule has 0 N–H and O–H groups in total. The van der Waals surface area contributed by atoms with Crippen molar-refractivity contribution in [3.8, 4) is 89.8 Å². The minimum absolute atomic E-state index is 0. The van der Waals surface area contributed by atoms with Crippen molar-refractivity contribution in [1.82, 2.24) is 15.0 Å². The Hall–Kier alpha value is -7.23. The zero-order valence-electron chi connectivity index (χ0n) is 32.4. The standard InChI is InChI=1S/C55H39N3.CH4/c1-55(2)50-25-10-9-20-46(50)47-31-30-41(33-51(47)55)54-57-52(38-16-7-4-8-17-38)56-53(58-54)40-19-11-18-39(32-40)43-22-13-24-45-44-23-12-21-42(48(44)34-49(43)45)37-28-26-36(27-29-37)35-14-5-3-6-15-35;/h3-33H,34H2,1-2H3;1H4. The molecule has 0 unspecified atom stereocenters. The van der Waals surface area contributed by atoms with Gasteiger partial charge in [0.05, 0.1) is 0 Å². The van der Waals surface area contributed by atoms with Gasteiger partial charge in [-0.05, 0) is 96.4 Å². The molecular weight excluding hydrogens is 715 g/mol. The van der Waals surface area contributed by atoms with Gasteiger partial charge in [-0.15, -0.1) is 0 Å². The first-order valence-electron chi connectivity index (χ1n) is 20.1. The summed E-state index contributed by atoms with van der Waals surface area (Å²) in [5.41, 5.74) is 20.7. The van der Waals surface area contributed by atoms with Crippen LogP contribution in [-0.4, -0.2) is 15.0 Å². The molecule has 0 amide bonds. The van der Waals surface area contributed by atoms with Crippen LogP contribution < -0.4 is 0 Å². The smallest absolute Gasteiger partial charge is 0.164 e. The number of hydrogen-bond donors (Lipinski definition) is 0. The van der Waals surface area contributed by atoms with Gasteiger partial charge < -0.3 is 0 Å². The fourth-order valence-corrected chi connectivity index (χ4v) is 9.27. The van der Waals surface area contributed by atoms with Gasteiger partial charge in [0, 0.05) is 22.1 Å². The molecule has 11 rings (SSSR count). The number of benzene rings is 8. The van der Waals surface area contributed by atoms with Crippen molar-refractivity contribution < 1.29 is 0 Å². The largest absolute Gasteiger partial charge is 0.208 e. The minimum atomic E-state index is -0.127. The lowest BCUT2D eigenvalue weighted by atomic mass is 9.82. The molecule has 0 atom stereocenters. The summed E-state index contributed by atoms with van der Waals surface area (Å²) in [4.78, 5) is 15.4. The van der Waals surface area contributed by atoms with Crippen LogP contribution in [0.2, 0.25) is 0 Å². The van der Waals surface area contributed by atoms with E-state index < -0.39 is 0 Å². The monoisotopic (exact) mass is 757 g/mol. The maximum absolute atomic E-state index is 5.21. The predicted molar refractivity (Wildman–Crippen MR) is 245 cm³/mol. The van der Waals surface area contributed by atoms with Crippen LogP contribution in [0.15, 0.2) is 188 Å². The Morgan fingerprint density at radius 2 is 0.746 bits per heavy atom. The summed E-state index contributed by atoms with van der Waals surface area (Å²) >= 11 is 0. The fourth-order valence-electron chi connectivity index (χ4n) is 9.27. The average molecular weight is 758 g/mol. The molecule has 0 radical (unpaired) electrons. The highest BCUT2D eigenvalue weighted by Gasteiger charge is 2.35. The zero-order chi connectivity index (χ0) is 38.8. The molecule has 0 saturated carbocycles. The molecule has 59 heavy (non-hydrogen) atoms. The van der Waals surface area contributed by atoms with Crippen LogP contribution in [0.1, 0.15) is 43.5 Å². The van der Waals surface area contributed by atoms with Crippen molar-refractivity contribution in [3.05, 3.63) is 210 Å². The summed E-state index contributed by atoms with van der Waals surface area (Å²) in [7, 11) is 0. The van der Waals surface area contributed by atoms with E-state index in [1.54, 1.807) is 0 Å². The molecular formula is C56H43N3. The van der Waals surface area contributed by atoms with Crippen LogP contribution >= 0.6 is 0 Å². The van der Waals surface area contributed by atoms with Gasteiger partial charge in [-0.2, -0.15) is 0 Å². The normalized spacial score (nSPS) is 12.8. The Morgan fingerprint density at radius 1 is 0.322 bits per heavy atom. The predicted octanol–water partition coefficient (Wildman–Crippen LogP) is 14.4. The Kier molecular flexibility index (Phi) is 8.76. The molecule has 9 aromatic rings. The zero-order valence-corrected chi connectivity index (χ0v) is 32.4. The molecule has 0 aliphatic heterocycles. The maximum atomic E-state index is 5.21. The molecule has 3 heteroatoms. The first-order chi connectivity index (χ1) is 28.5. The van der Waals surface area contributed by atoms with Gasteiger partial charge in [0.2, 0.25) is 0 Å². The first kappa shape index (κ1) is 36.1. The summed E-state index contributed by atoms with van der Waals surface area (Å²) < 4.78 is 0. The summed E-state index contributed by atoms with van der Waals surface area (Å²) in [6.07, 6.45) is 0.869. The number of rotatable bonds is 6. The Morgan fingerprint density at radius 3 is 1.42 bits per heavy atom. The second-order valence-electron chi connectivity index (χ2n) is 16.0. The van der Waals surface area contributed by atoms with E-state index in [0.717, 1.165) is 28.7 Å². The lowest BCUT2D eigenvalue weighted by molar-refractivity contribution is 0.660. The molecule has 0 spiro atoms. The van der Waals surface area contributed by atoms with Crippen LogP contribution in [0, 0.1) is 0 Å². The lowest BCUT2D eigenvalue weighted by Crippen LogP contribution is -2.15. The van der Waals surface area contributed by atoms with E-state index in [4.69, 9.17) is 15.0 Å². The van der Waals surface area contributed by atoms with Crippen LogP contribution in [-0.2, 0) is 11.8 Å². The molecule has 1 heterocycles. The number of hydrogen-bond acceptors (Lipinski definition) is 3. The van der Waals surface area contributed by atoms with E-state index in [-0.39, 0.29) is 12.8 Å². The second-order valence-corrected chi connectivity index (χ2v) is 16.0. The third-order valence-corrected chi connectivity index (χ3v) is 12.2. The molecule has 0 saturated heterocycles. The molecule has 0 bridgehead atoms. The van der Waals surface area contributed by atoms with Crippen LogP contribution in [0.25, 0.3) is 89.8 Å². The molecule has 1 aromatic heterocycles. The SMILES string of the molecule is C.CC1(C)c2ccccc2-c2ccc(-c3nc(-c4ccccc4)nc(-c4cccc(-c5cccc6c5Cc5c(-c7ccc(-c8ccccc8)cc7)cccc5-6)c4)n3)cc21. The highest BCUT2D eigenvalue weighted by molar-refractivity contribution is 5.90. The van der Waals surface area contributed by atoms with E-state index >= 15 is 0 Å². The minimum Gasteiger partial charge on any atom is -0.208 e. The van der Waals surface area contributed by atoms with Gasteiger partial charge in [0.25, 0.3) is 0 Å². The van der Waals surface area contributed by atoms with Crippen molar-refractivity contribution in [2.75, 3.05) is 0 Å². The van der Waals surface area contributed by atoms with E-state index in [1.165, 1.54) is 72.3 Å². The first-order valence-corrected chi connectivity index (χ1v) is 20.1. The fraction of sp³-hybridized carbons (Fsp3) is 0.0893. The molecule has 0 fully saturated rings. The van der Waals surface area contributed by atoms with Gasteiger partial charge in [-0.25, -0.2) is 15.0 Å². The van der Waals surface area contributed by atoms with E-state index in [1.807, 2.05) is 18.2 Å². The Balaban J connectivity index is 0.00000420. The van der Waals surface area contributed by atoms with Gasteiger partial charge in [-0.3, -0.25) is 0 Å². The van der Waals surface area contributed by atoms with E-state index in [2.05, 4.69) is 184 Å². The maximum Gasteiger partial charge on any atom is 0.164 e. The summed E-state index contributed by atoms with van der Waals surface area (Å²) in [6, 6.07) is 67.4. The summed E-state index contributed by atoms with van der Waals surface area (Å²) in [5.74, 6) is 1.99. The van der Waals surface area contributed by atoms with Crippen molar-refractivity contribution in [2.24, 2.45) is 0 Å². The Labute approximate surface area is 346 Å². The summed E-state index contributed by atoms with van der Waals surface area (Å²) in [5, 5.41) is 0. The molecule has 8 aromatic carbocycles. The molecule has 2 aliphatic rings. The molecule has 282 valence electrons. The molecule has 3 nitrogen and oxygen atoms in total.